The number of quaternary nitrogens is 1. The second kappa shape index (κ2) is 14.6. The van der Waals surface area contributed by atoms with Crippen LogP contribution in [-0.4, -0.2) is 48.7 Å². The van der Waals surface area contributed by atoms with Gasteiger partial charge in [0.05, 0.1) is 19.6 Å². The van der Waals surface area contributed by atoms with E-state index in [1.54, 1.807) is 29.2 Å². The van der Waals surface area contributed by atoms with Gasteiger partial charge in [0.1, 0.15) is 0 Å². The third-order valence-corrected chi connectivity index (χ3v) is 26.2. The zero-order chi connectivity index (χ0) is 35.0. The molecule has 49 heavy (non-hydrogen) atoms. The van der Waals surface area contributed by atoms with Gasteiger partial charge in [0.2, 0.25) is 0 Å². The van der Waals surface area contributed by atoms with Gasteiger partial charge in [-0.05, 0) is 20.8 Å². The summed E-state index contributed by atoms with van der Waals surface area (Å²) in [6, 6.07) is 42.2. The average molecular weight is 769 g/mol. The van der Waals surface area contributed by atoms with E-state index in [4.69, 9.17) is 9.25 Å². The van der Waals surface area contributed by atoms with Crippen molar-refractivity contribution in [2.45, 2.75) is 41.5 Å². The first kappa shape index (κ1) is 35.9. The molecule has 6 rings (SSSR count). The summed E-state index contributed by atoms with van der Waals surface area (Å²) in [5, 5.41) is 4.66. The molecule has 1 heterocycles. The van der Waals surface area contributed by atoms with Gasteiger partial charge in [-0.3, -0.25) is 0 Å². The van der Waals surface area contributed by atoms with E-state index >= 15 is 0 Å². The number of hydroxylamine groups is 1. The van der Waals surface area contributed by atoms with E-state index in [2.05, 4.69) is 31.4 Å². The molecule has 0 aromatic heterocycles. The Morgan fingerprint density at radius 3 is 1.43 bits per heavy atom. The number of nitrogens with one attached hydrogen (secondary N) is 2. The third kappa shape index (κ3) is 6.39. The van der Waals surface area contributed by atoms with Crippen LogP contribution in [0.25, 0.3) is 0 Å². The van der Waals surface area contributed by atoms with Crippen LogP contribution in [0.4, 0.5) is 0 Å². The summed E-state index contributed by atoms with van der Waals surface area (Å²) < 4.78 is 23.3. The van der Waals surface area contributed by atoms with Gasteiger partial charge in [-0.25, -0.2) is 0 Å². The van der Waals surface area contributed by atoms with Crippen LogP contribution in [-0.2, 0) is 9.25 Å². The van der Waals surface area contributed by atoms with Gasteiger partial charge in [-0.1, -0.05) is 0 Å². The van der Waals surface area contributed by atoms with Gasteiger partial charge in [0.25, 0.3) is 0 Å². The first-order chi connectivity index (χ1) is 23.7. The van der Waals surface area contributed by atoms with E-state index in [9.17, 15) is 4.79 Å². The number of hydrogen-bond donors (Lipinski definition) is 2. The van der Waals surface area contributed by atoms with Gasteiger partial charge >= 0.3 is 246 Å². The average Bonchev–Trinajstić information content (AvgIpc) is 3.53. The van der Waals surface area contributed by atoms with Crippen molar-refractivity contribution in [3.05, 3.63) is 161 Å². The molecular weight excluding hydrogens is 720 g/mol. The molecule has 7 nitrogen and oxygen atoms in total. The fraction of sp³-hybridized carbons (Fsp3) is 0.220. The fourth-order valence-electron chi connectivity index (χ4n) is 6.17. The van der Waals surface area contributed by atoms with E-state index in [-0.39, 0.29) is 5.90 Å². The van der Waals surface area contributed by atoms with Crippen molar-refractivity contribution in [2.24, 2.45) is 5.16 Å². The Morgan fingerprint density at radius 2 is 1.04 bits per heavy atom. The van der Waals surface area contributed by atoms with Crippen LogP contribution in [0, 0.1) is 20.8 Å². The molecule has 5 aromatic carbocycles. The fourth-order valence-corrected chi connectivity index (χ4v) is 21.7. The normalized spacial score (nSPS) is 16.6. The molecule has 1 aliphatic heterocycles. The maximum atomic E-state index is 13.7. The van der Waals surface area contributed by atoms with Crippen molar-refractivity contribution in [3.63, 3.8) is 0 Å². The van der Waals surface area contributed by atoms with Crippen molar-refractivity contribution in [1.29, 1.82) is 0 Å². The van der Waals surface area contributed by atoms with E-state index in [0.29, 0.717) is 16.1 Å². The van der Waals surface area contributed by atoms with E-state index in [1.165, 1.54) is 19.6 Å². The number of aryl methyl sites for hydroxylation is 3. The Kier molecular flexibility index (Phi) is 10.7. The monoisotopic (exact) mass is 767 g/mol. The number of amides is 1. The third-order valence-electron chi connectivity index (χ3n) is 9.34. The Morgan fingerprint density at radius 1 is 0.633 bits per heavy atom. The van der Waals surface area contributed by atoms with Gasteiger partial charge in [-0.2, -0.15) is 0 Å². The van der Waals surface area contributed by atoms with Crippen LogP contribution < -0.4 is 20.9 Å². The summed E-state index contributed by atoms with van der Waals surface area (Å²) in [6.45, 7) is 16.5. The molecule has 1 amide bonds. The molecule has 0 spiro atoms. The molecule has 0 aliphatic carbocycles. The minimum absolute atomic E-state index is 0.264. The second-order valence-corrected chi connectivity index (χ2v) is 26.3. The van der Waals surface area contributed by atoms with Crippen molar-refractivity contribution in [2.75, 3.05) is 19.6 Å². The molecule has 0 atom stereocenters. The van der Waals surface area contributed by atoms with Crippen molar-refractivity contribution >= 4 is 39.6 Å². The first-order valence-corrected chi connectivity index (χ1v) is 23.9. The molecule has 0 radical (unpaired) electrons. The van der Waals surface area contributed by atoms with E-state index in [0.717, 1.165) is 22.3 Å². The SMILES string of the molecule is CC[NH+](CC)CC.Cc1cc[c]([Sb-]2([O]NC(=O)c3ccccc3)([c]3ccc(C)cc3)([c]3ccc(C)cc3)[O]N=C(c3ccccc3)[O]2)cc1. The molecule has 0 unspecified atom stereocenters. The molecule has 0 bridgehead atoms. The predicted molar refractivity (Wildman–Crippen MR) is 201 cm³/mol. The molecular formula is C41H48N3O4Sb. The summed E-state index contributed by atoms with van der Waals surface area (Å²) in [5.74, 6) is -0.173. The van der Waals surface area contributed by atoms with Crippen LogP contribution in [0.3, 0.4) is 0 Å². The van der Waals surface area contributed by atoms with E-state index in [1.807, 2.05) is 130 Å². The zero-order valence-corrected chi connectivity index (χ0v) is 31.9. The predicted octanol–water partition coefficient (Wildman–Crippen LogP) is 5.18. The molecule has 2 N–H and O–H groups in total. The van der Waals surface area contributed by atoms with Gasteiger partial charge in [0.15, 0.2) is 0 Å². The Labute approximate surface area is 290 Å². The molecule has 0 fully saturated rings. The standard InChI is InChI=1S/C7H7NO2.C7H6NO2.3C7H7.C6H15N.Sb/c2*9-7(8-10)6-4-2-1-3-5-6;3*1-7-5-3-2-4-6-7;1-4-7(5-2)6-3;/h1-5,10H,(H,8,9);1-5H,(H-,8,9,10);3*3-6H,1H3;4-6H2,1-3H3;/q;-1;;;;;+2/p-1. The van der Waals surface area contributed by atoms with Crippen molar-refractivity contribution in [3.8, 4) is 0 Å². The summed E-state index contributed by atoms with van der Waals surface area (Å²) in [7, 11) is 0. The Bertz CT molecular complexity index is 1770. The van der Waals surface area contributed by atoms with Crippen LogP contribution in [0.5, 0.6) is 0 Å². The maximum absolute atomic E-state index is 13.7. The number of carbonyl (C=O) groups excluding carboxylic acids is 1. The molecule has 0 saturated heterocycles. The van der Waals surface area contributed by atoms with Crippen molar-refractivity contribution < 1.29 is 18.9 Å². The van der Waals surface area contributed by atoms with Crippen LogP contribution >= 0.6 is 0 Å². The number of hydrogen-bond acceptors (Lipinski definition) is 5. The summed E-state index contributed by atoms with van der Waals surface area (Å²) >= 11 is -6.85. The molecule has 1 aliphatic rings. The van der Waals surface area contributed by atoms with Gasteiger partial charge in [-0.15, -0.1) is 0 Å². The van der Waals surface area contributed by atoms with E-state index < -0.39 is 23.2 Å². The summed E-state index contributed by atoms with van der Waals surface area (Å²) in [4.78, 5) is 15.4. The number of nitrogens with zero attached hydrogens (tertiary/aromatic N) is 1. The van der Waals surface area contributed by atoms with Crippen LogP contribution in [0.1, 0.15) is 53.4 Å². The number of rotatable bonds is 10. The summed E-state index contributed by atoms with van der Waals surface area (Å²) in [6.07, 6.45) is 0. The number of benzene rings is 5. The molecule has 0 saturated carbocycles. The van der Waals surface area contributed by atoms with Crippen LogP contribution in [0.15, 0.2) is 139 Å². The van der Waals surface area contributed by atoms with Gasteiger partial charge in [0, 0.05) is 0 Å². The van der Waals surface area contributed by atoms with Gasteiger partial charge < -0.3 is 4.90 Å². The minimum atomic E-state index is -6.85. The Balaban J connectivity index is 0.000000606. The zero-order valence-electron chi connectivity index (χ0n) is 29.4. The van der Waals surface area contributed by atoms with Crippen LogP contribution in [0.2, 0.25) is 0 Å². The molecule has 5 aromatic rings. The number of oxime groups is 1. The Hall–Kier alpha value is -4.42. The first-order valence-electron chi connectivity index (χ1n) is 17.0. The number of carbonyl (C=O) groups is 1. The quantitative estimate of drug-likeness (QED) is 0.152. The molecule has 8 heteroatoms. The second-order valence-electron chi connectivity index (χ2n) is 12.5. The topological polar surface area (TPSA) is 73.6 Å². The van der Waals surface area contributed by atoms with Crippen molar-refractivity contribution in [1.82, 2.24) is 5.48 Å². The molecule has 256 valence electrons. The summed E-state index contributed by atoms with van der Waals surface area (Å²) in [5.41, 5.74) is 7.09.